The van der Waals surface area contributed by atoms with Gasteiger partial charge in [0.1, 0.15) is 11.2 Å². The number of nitrogens with zero attached hydrogens (tertiary/aromatic N) is 3. The highest BCUT2D eigenvalue weighted by Gasteiger charge is 2.46. The van der Waals surface area contributed by atoms with Crippen LogP contribution < -0.4 is 31.1 Å². The van der Waals surface area contributed by atoms with E-state index in [1.54, 1.807) is 0 Å². The van der Waals surface area contributed by atoms with Gasteiger partial charge in [-0.2, -0.15) is 0 Å². The summed E-state index contributed by atoms with van der Waals surface area (Å²) in [6, 6.07) is 97.6. The van der Waals surface area contributed by atoms with Crippen LogP contribution in [0.1, 0.15) is 37.5 Å². The van der Waals surface area contributed by atoms with Gasteiger partial charge in [0, 0.05) is 81.5 Å². The molecule has 0 saturated carbocycles. The summed E-state index contributed by atoms with van der Waals surface area (Å²) in [5.74, 6) is 0. The first-order chi connectivity index (χ1) is 38.1. The first-order valence-corrected chi connectivity index (χ1v) is 28.7. The zero-order valence-electron chi connectivity index (χ0n) is 44.6. The summed E-state index contributed by atoms with van der Waals surface area (Å²) in [5.41, 5.74) is 19.4. The predicted octanol–water partition coefficient (Wildman–Crippen LogP) is 18.4. The van der Waals surface area contributed by atoms with Crippen LogP contribution in [0.15, 0.2) is 285 Å². The van der Waals surface area contributed by atoms with Gasteiger partial charge in [-0.15, -0.1) is 10.0 Å². The van der Waals surface area contributed by atoms with Crippen LogP contribution in [-0.4, -0.2) is 6.71 Å². The van der Waals surface area contributed by atoms with Gasteiger partial charge in [-0.05, 0) is 169 Å². The van der Waals surface area contributed by atoms with Crippen molar-refractivity contribution in [2.24, 2.45) is 0 Å². The second kappa shape index (κ2) is 18.6. The monoisotopic (exact) mass is 1020 g/mol. The Labute approximate surface area is 459 Å². The second-order valence-corrected chi connectivity index (χ2v) is 25.0. The third-order valence-electron chi connectivity index (χ3n) is 16.0. The summed E-state index contributed by atoms with van der Waals surface area (Å²) in [5, 5.41) is 2.19. The molecule has 14 rings (SSSR count). The molecule has 0 amide bonds. The predicted molar refractivity (Wildman–Crippen MR) is 331 cm³/mol. The summed E-state index contributed by atoms with van der Waals surface area (Å²) in [6.07, 6.45) is 0. The van der Waals surface area contributed by atoms with Gasteiger partial charge in [-0.1, -0.05) is 165 Å². The van der Waals surface area contributed by atoms with Crippen molar-refractivity contribution in [3.8, 4) is 0 Å². The van der Waals surface area contributed by atoms with Gasteiger partial charge in [-0.25, -0.2) is 0 Å². The normalized spacial score (nSPS) is 13.1. The van der Waals surface area contributed by atoms with Crippen molar-refractivity contribution < 1.29 is 4.42 Å². The Hall–Kier alpha value is -8.97. The molecule has 0 N–H and O–H groups in total. The lowest BCUT2D eigenvalue weighted by atomic mass is 9.33. The van der Waals surface area contributed by atoms with Crippen molar-refractivity contribution in [3.63, 3.8) is 0 Å². The molecule has 0 spiro atoms. The number of hydrogen-bond donors (Lipinski definition) is 0. The van der Waals surface area contributed by atoms with E-state index in [0.717, 1.165) is 56.1 Å². The molecule has 2 aliphatic rings. The molecule has 3 heterocycles. The zero-order valence-corrected chi connectivity index (χ0v) is 45.4. The number of anilines is 9. The molecule has 0 saturated heterocycles. The third-order valence-corrected chi connectivity index (χ3v) is 19.9. The van der Waals surface area contributed by atoms with Crippen LogP contribution in [0.4, 0.5) is 51.2 Å². The van der Waals surface area contributed by atoms with Crippen molar-refractivity contribution in [1.82, 2.24) is 0 Å². The Morgan fingerprint density at radius 1 is 0.385 bits per heavy atom. The lowest BCUT2D eigenvalue weighted by Crippen LogP contribution is -2.61. The SMILES string of the molecule is Cc1ccc(N2c3ccc(C)cc3B3c4ccc(N(c5ccc(C(C)(C)C)cc5)c5ccc6oc7ccccc7c6c5)cc4N(c4ccccc4)c4cc(S(c5ccccc5)(c5ccccc5)c5ccccc5)cc2c43)cc1. The molecule has 1 aromatic heterocycles. The van der Waals surface area contributed by atoms with E-state index in [2.05, 4.69) is 304 Å². The maximum absolute atomic E-state index is 6.43. The molecule has 11 aromatic carbocycles. The molecule has 0 unspecified atom stereocenters. The standard InChI is InChI=1S/C72H58BN3OS/c1-49-30-35-54(36-31-49)75-65-42-32-50(2)44-64(65)73-63-41-39-56(74(53-37-33-51(34-38-53)72(3,4)5)55-40-43-70-62(45-55)61-28-18-19-29-69(61)77-70)46-66(63)76(52-20-10-6-11-21-52)68-48-60(47-67(75)71(68)73)78(57-22-12-7-13-23-57,58-24-14-8-15-25-58)59-26-16-9-17-27-59/h6-48H,1-5H3. The Morgan fingerprint density at radius 3 is 1.53 bits per heavy atom. The van der Waals surface area contributed by atoms with Crippen LogP contribution in [-0.2, 0) is 5.41 Å². The molecule has 0 aliphatic carbocycles. The number of furan rings is 1. The Balaban J connectivity index is 1.09. The molecule has 0 bridgehead atoms. The first kappa shape index (κ1) is 47.5. The molecule has 0 atom stereocenters. The van der Waals surface area contributed by atoms with E-state index in [1.165, 1.54) is 69.7 Å². The maximum atomic E-state index is 6.43. The summed E-state index contributed by atoms with van der Waals surface area (Å²) in [6.45, 7) is 11.2. The van der Waals surface area contributed by atoms with Crippen molar-refractivity contribution in [1.29, 1.82) is 0 Å². The van der Waals surface area contributed by atoms with E-state index < -0.39 is 10.0 Å². The second-order valence-electron chi connectivity index (χ2n) is 21.9. The summed E-state index contributed by atoms with van der Waals surface area (Å²) in [4.78, 5) is 12.7. The lowest BCUT2D eigenvalue weighted by Gasteiger charge is -2.47. The highest BCUT2D eigenvalue weighted by atomic mass is 32.3. The lowest BCUT2D eigenvalue weighted by molar-refractivity contribution is 0.590. The van der Waals surface area contributed by atoms with Crippen LogP contribution in [0.5, 0.6) is 0 Å². The average molecular weight is 1020 g/mol. The topological polar surface area (TPSA) is 22.9 Å². The highest BCUT2D eigenvalue weighted by molar-refractivity contribution is 8.34. The third kappa shape index (κ3) is 7.68. The largest absolute Gasteiger partial charge is 0.456 e. The first-order valence-electron chi connectivity index (χ1n) is 27.1. The van der Waals surface area contributed by atoms with Gasteiger partial charge in [0.05, 0.1) is 0 Å². The van der Waals surface area contributed by atoms with Crippen LogP contribution in [0.2, 0.25) is 0 Å². The number of fused-ring (bicyclic) bond motifs is 7. The van der Waals surface area contributed by atoms with Crippen molar-refractivity contribution in [2.45, 2.75) is 59.6 Å². The van der Waals surface area contributed by atoms with Crippen molar-refractivity contribution in [2.75, 3.05) is 14.7 Å². The highest BCUT2D eigenvalue weighted by Crippen LogP contribution is 2.74. The van der Waals surface area contributed by atoms with Crippen LogP contribution in [0.25, 0.3) is 21.9 Å². The number of hydrogen-bond acceptors (Lipinski definition) is 4. The van der Waals surface area contributed by atoms with E-state index in [0.29, 0.717) is 0 Å². The molecule has 0 fully saturated rings. The fourth-order valence-electron chi connectivity index (χ4n) is 12.3. The smallest absolute Gasteiger partial charge is 0.252 e. The minimum absolute atomic E-state index is 0.00437. The van der Waals surface area contributed by atoms with Gasteiger partial charge in [0.2, 0.25) is 0 Å². The van der Waals surface area contributed by atoms with Gasteiger partial charge in [0.25, 0.3) is 6.71 Å². The summed E-state index contributed by atoms with van der Waals surface area (Å²) >= 11 is 0. The average Bonchev–Trinajstić information content (AvgIpc) is 3.83. The van der Waals surface area contributed by atoms with Crippen LogP contribution in [0.3, 0.4) is 0 Å². The van der Waals surface area contributed by atoms with Gasteiger partial charge >= 0.3 is 0 Å². The maximum Gasteiger partial charge on any atom is 0.252 e. The van der Waals surface area contributed by atoms with Gasteiger partial charge in [-0.3, -0.25) is 0 Å². The zero-order chi connectivity index (χ0) is 52.7. The van der Waals surface area contributed by atoms with Gasteiger partial charge in [0.15, 0.2) is 0 Å². The molecular weight excluding hydrogens is 966 g/mol. The van der Waals surface area contributed by atoms with Gasteiger partial charge < -0.3 is 19.1 Å². The molecule has 376 valence electrons. The quantitative estimate of drug-likeness (QED) is 0.134. The number of benzene rings is 11. The summed E-state index contributed by atoms with van der Waals surface area (Å²) in [7, 11) is -2.16. The number of aryl methyl sites for hydroxylation is 2. The van der Waals surface area contributed by atoms with Crippen molar-refractivity contribution >= 4 is 106 Å². The van der Waals surface area contributed by atoms with E-state index in [1.807, 2.05) is 6.07 Å². The summed E-state index contributed by atoms with van der Waals surface area (Å²) < 4.78 is 6.43. The molecule has 6 heteroatoms. The minimum Gasteiger partial charge on any atom is -0.456 e. The van der Waals surface area contributed by atoms with Crippen molar-refractivity contribution in [3.05, 3.63) is 278 Å². The van der Waals surface area contributed by atoms with E-state index >= 15 is 0 Å². The molecule has 78 heavy (non-hydrogen) atoms. The molecule has 2 aliphatic heterocycles. The van der Waals surface area contributed by atoms with E-state index in [-0.39, 0.29) is 12.1 Å². The number of para-hydroxylation sites is 2. The van der Waals surface area contributed by atoms with E-state index in [9.17, 15) is 0 Å². The van der Waals surface area contributed by atoms with Crippen LogP contribution >= 0.6 is 10.0 Å². The minimum atomic E-state index is -2.16. The molecule has 4 nitrogen and oxygen atoms in total. The Bertz CT molecular complexity index is 4120. The fraction of sp³-hybridized carbons (Fsp3) is 0.0833. The Kier molecular flexibility index (Phi) is 11.4. The number of rotatable bonds is 9. The molecule has 12 aromatic rings. The van der Waals surface area contributed by atoms with Crippen LogP contribution in [0, 0.1) is 13.8 Å². The van der Waals surface area contributed by atoms with E-state index in [4.69, 9.17) is 4.42 Å². The molecular formula is C72H58BN3OS. The fourth-order valence-corrected chi connectivity index (χ4v) is 16.2. The Morgan fingerprint density at radius 2 is 0.897 bits per heavy atom. The molecule has 0 radical (unpaired) electrons.